The summed E-state index contributed by atoms with van der Waals surface area (Å²) in [6.45, 7) is 3.88. The standard InChI is InChI=1S/C27H25F3N4O/c1-35-21-9-5-6-19(16-21)18-33-12-14-34(15-13-33)26-22-10-11-24(27(28,29)30)32-25(22)23(17-31-26)20-7-3-2-4-8-20/h2-11,16-17H,12-15,18H2,1H3. The molecule has 0 aliphatic carbocycles. The molecule has 1 aliphatic rings. The van der Waals surface area contributed by atoms with Gasteiger partial charge >= 0.3 is 6.18 Å². The van der Waals surface area contributed by atoms with Crippen molar-refractivity contribution in [1.29, 1.82) is 0 Å². The summed E-state index contributed by atoms with van der Waals surface area (Å²) in [5.41, 5.74) is 1.97. The van der Waals surface area contributed by atoms with Crippen LogP contribution in [0.1, 0.15) is 11.3 Å². The van der Waals surface area contributed by atoms with Gasteiger partial charge in [0.2, 0.25) is 0 Å². The molecule has 0 bridgehead atoms. The number of hydrogen-bond acceptors (Lipinski definition) is 5. The zero-order valence-corrected chi connectivity index (χ0v) is 19.3. The number of methoxy groups -OCH3 is 1. The molecule has 0 N–H and O–H groups in total. The summed E-state index contributed by atoms with van der Waals surface area (Å²) in [6, 6.07) is 19.9. The van der Waals surface area contributed by atoms with E-state index in [1.165, 1.54) is 11.6 Å². The fourth-order valence-corrected chi connectivity index (χ4v) is 4.49. The predicted octanol–water partition coefficient (Wildman–Crippen LogP) is 5.65. The number of alkyl halides is 3. The number of benzene rings is 2. The maximum Gasteiger partial charge on any atom is 0.433 e. The Labute approximate surface area is 201 Å². The van der Waals surface area contributed by atoms with Gasteiger partial charge in [-0.2, -0.15) is 13.2 Å². The summed E-state index contributed by atoms with van der Waals surface area (Å²) in [5, 5.41) is 0.626. The fourth-order valence-electron chi connectivity index (χ4n) is 4.49. The van der Waals surface area contributed by atoms with Crippen molar-refractivity contribution in [2.45, 2.75) is 12.7 Å². The molecule has 180 valence electrons. The predicted molar refractivity (Wildman–Crippen MR) is 130 cm³/mol. The van der Waals surface area contributed by atoms with Gasteiger partial charge in [-0.3, -0.25) is 4.90 Å². The molecule has 1 fully saturated rings. The van der Waals surface area contributed by atoms with Gasteiger partial charge in [0.1, 0.15) is 17.3 Å². The van der Waals surface area contributed by atoms with Crippen molar-refractivity contribution in [3.8, 4) is 16.9 Å². The first-order valence-electron chi connectivity index (χ1n) is 11.4. The number of anilines is 1. The number of hydrogen-bond donors (Lipinski definition) is 0. The second kappa shape index (κ2) is 9.54. The number of halogens is 3. The number of aromatic nitrogens is 2. The first-order valence-corrected chi connectivity index (χ1v) is 11.4. The van der Waals surface area contributed by atoms with E-state index >= 15 is 0 Å². The van der Waals surface area contributed by atoms with Crippen molar-refractivity contribution in [3.05, 3.63) is 84.2 Å². The minimum Gasteiger partial charge on any atom is -0.497 e. The average Bonchev–Trinajstić information content (AvgIpc) is 2.88. The van der Waals surface area contributed by atoms with Crippen molar-refractivity contribution >= 4 is 16.7 Å². The Kier molecular flexibility index (Phi) is 6.30. The van der Waals surface area contributed by atoms with E-state index in [1.807, 2.05) is 48.5 Å². The van der Waals surface area contributed by atoms with Gasteiger partial charge in [-0.1, -0.05) is 42.5 Å². The lowest BCUT2D eigenvalue weighted by Gasteiger charge is -2.36. The maximum atomic E-state index is 13.5. The Bertz CT molecular complexity index is 1320. The topological polar surface area (TPSA) is 41.5 Å². The Hall–Kier alpha value is -3.65. The number of ether oxygens (including phenoxy) is 1. The fraction of sp³-hybridized carbons (Fsp3) is 0.259. The molecule has 5 rings (SSSR count). The first kappa shape index (κ1) is 23.1. The Morgan fingerprint density at radius 1 is 0.914 bits per heavy atom. The van der Waals surface area contributed by atoms with E-state index in [9.17, 15) is 13.2 Å². The smallest absolute Gasteiger partial charge is 0.433 e. The van der Waals surface area contributed by atoms with E-state index < -0.39 is 11.9 Å². The molecule has 0 saturated carbocycles. The zero-order chi connectivity index (χ0) is 24.4. The molecule has 3 heterocycles. The highest BCUT2D eigenvalue weighted by molar-refractivity contribution is 5.99. The third-order valence-electron chi connectivity index (χ3n) is 6.29. The van der Waals surface area contributed by atoms with E-state index in [0.717, 1.165) is 50.1 Å². The molecule has 0 radical (unpaired) electrons. The molecule has 0 spiro atoms. The van der Waals surface area contributed by atoms with Crippen LogP contribution in [-0.2, 0) is 12.7 Å². The summed E-state index contributed by atoms with van der Waals surface area (Å²) in [4.78, 5) is 13.2. The highest BCUT2D eigenvalue weighted by Crippen LogP contribution is 2.36. The second-order valence-corrected chi connectivity index (χ2v) is 8.57. The van der Waals surface area contributed by atoms with E-state index in [1.54, 1.807) is 13.3 Å². The van der Waals surface area contributed by atoms with Gasteiger partial charge in [0.25, 0.3) is 0 Å². The molecule has 5 nitrogen and oxygen atoms in total. The average molecular weight is 479 g/mol. The van der Waals surface area contributed by atoms with Crippen LogP contribution in [0.3, 0.4) is 0 Å². The highest BCUT2D eigenvalue weighted by Gasteiger charge is 2.33. The molecule has 2 aromatic heterocycles. The van der Waals surface area contributed by atoms with Crippen LogP contribution < -0.4 is 9.64 Å². The van der Waals surface area contributed by atoms with Crippen LogP contribution in [-0.4, -0.2) is 48.2 Å². The van der Waals surface area contributed by atoms with Gasteiger partial charge in [0.15, 0.2) is 0 Å². The summed E-state index contributed by atoms with van der Waals surface area (Å²) >= 11 is 0. The van der Waals surface area contributed by atoms with Gasteiger partial charge in [-0.25, -0.2) is 9.97 Å². The van der Waals surface area contributed by atoms with Gasteiger partial charge in [-0.05, 0) is 35.4 Å². The monoisotopic (exact) mass is 478 g/mol. The van der Waals surface area contributed by atoms with Crippen LogP contribution in [0, 0.1) is 0 Å². The van der Waals surface area contributed by atoms with Crippen molar-refractivity contribution in [3.63, 3.8) is 0 Å². The number of nitrogens with zero attached hydrogens (tertiary/aromatic N) is 4. The summed E-state index contributed by atoms with van der Waals surface area (Å²) in [7, 11) is 1.66. The van der Waals surface area contributed by atoms with Crippen LogP contribution in [0.15, 0.2) is 72.9 Å². The molecule has 2 aromatic carbocycles. The van der Waals surface area contributed by atoms with Gasteiger partial charge in [0, 0.05) is 49.9 Å². The Morgan fingerprint density at radius 3 is 2.40 bits per heavy atom. The molecule has 1 saturated heterocycles. The van der Waals surface area contributed by atoms with Crippen LogP contribution in [0.5, 0.6) is 5.75 Å². The van der Waals surface area contributed by atoms with Crippen LogP contribution >= 0.6 is 0 Å². The number of fused-ring (bicyclic) bond motifs is 1. The minimum absolute atomic E-state index is 0.315. The van der Waals surface area contributed by atoms with E-state index in [0.29, 0.717) is 22.3 Å². The third kappa shape index (κ3) is 4.93. The van der Waals surface area contributed by atoms with E-state index in [-0.39, 0.29) is 0 Å². The van der Waals surface area contributed by atoms with E-state index in [2.05, 4.69) is 20.9 Å². The van der Waals surface area contributed by atoms with Crippen molar-refractivity contribution in [2.24, 2.45) is 0 Å². The summed E-state index contributed by atoms with van der Waals surface area (Å²) in [6.07, 6.45) is -2.87. The molecule has 35 heavy (non-hydrogen) atoms. The number of pyridine rings is 2. The molecule has 4 aromatic rings. The van der Waals surface area contributed by atoms with Crippen LogP contribution in [0.25, 0.3) is 22.0 Å². The maximum absolute atomic E-state index is 13.5. The lowest BCUT2D eigenvalue weighted by atomic mass is 10.0. The van der Waals surface area contributed by atoms with E-state index in [4.69, 9.17) is 9.72 Å². The second-order valence-electron chi connectivity index (χ2n) is 8.57. The molecular weight excluding hydrogens is 453 g/mol. The van der Waals surface area contributed by atoms with Crippen LogP contribution in [0.2, 0.25) is 0 Å². The zero-order valence-electron chi connectivity index (χ0n) is 19.3. The molecule has 0 unspecified atom stereocenters. The van der Waals surface area contributed by atoms with Gasteiger partial charge in [-0.15, -0.1) is 0 Å². The Morgan fingerprint density at radius 2 is 1.69 bits per heavy atom. The van der Waals surface area contributed by atoms with Crippen LogP contribution in [0.4, 0.5) is 19.0 Å². The van der Waals surface area contributed by atoms with Gasteiger partial charge in [0.05, 0.1) is 12.6 Å². The SMILES string of the molecule is COc1cccc(CN2CCN(c3ncc(-c4ccccc4)c4nc(C(F)(F)F)ccc34)CC2)c1. The van der Waals surface area contributed by atoms with Gasteiger partial charge < -0.3 is 9.64 Å². The largest absolute Gasteiger partial charge is 0.497 e. The van der Waals surface area contributed by atoms with Crippen molar-refractivity contribution in [1.82, 2.24) is 14.9 Å². The molecular formula is C27H25F3N4O. The minimum atomic E-state index is -4.52. The number of piperazine rings is 1. The summed E-state index contributed by atoms with van der Waals surface area (Å²) < 4.78 is 45.7. The highest BCUT2D eigenvalue weighted by atomic mass is 19.4. The lowest BCUT2D eigenvalue weighted by Crippen LogP contribution is -2.46. The summed E-state index contributed by atoms with van der Waals surface area (Å²) in [5.74, 6) is 1.50. The quantitative estimate of drug-likeness (QED) is 0.371. The molecule has 8 heteroatoms. The molecule has 0 atom stereocenters. The molecule has 0 amide bonds. The molecule has 1 aliphatic heterocycles. The number of rotatable bonds is 5. The third-order valence-corrected chi connectivity index (χ3v) is 6.29. The van der Waals surface area contributed by atoms with Crippen molar-refractivity contribution < 1.29 is 17.9 Å². The Balaban J connectivity index is 1.43. The lowest BCUT2D eigenvalue weighted by molar-refractivity contribution is -0.140. The first-order chi connectivity index (χ1) is 16.9. The normalized spacial score (nSPS) is 14.9. The van der Waals surface area contributed by atoms with Crippen molar-refractivity contribution in [2.75, 3.05) is 38.2 Å².